The lowest BCUT2D eigenvalue weighted by Crippen LogP contribution is -2.54. The summed E-state index contributed by atoms with van der Waals surface area (Å²) in [6.45, 7) is 1.55. The Bertz CT molecular complexity index is 698. The third-order valence-corrected chi connectivity index (χ3v) is 4.35. The van der Waals surface area contributed by atoms with Crippen molar-refractivity contribution in [3.05, 3.63) is 42.4 Å². The molecule has 0 spiro atoms. The Morgan fingerprint density at radius 2 is 2.12 bits per heavy atom. The second-order valence-electron chi connectivity index (χ2n) is 6.78. The predicted molar refractivity (Wildman–Crippen MR) is 92.7 cm³/mol. The van der Waals surface area contributed by atoms with Gasteiger partial charge in [-0.3, -0.25) is 4.79 Å². The van der Waals surface area contributed by atoms with Gasteiger partial charge in [-0.25, -0.2) is 4.98 Å². The SMILES string of the molecule is CN(C)C[C@]1(O)CCCN(C(=O)c2[nH]cnc2-c2ccccc2)C1. The van der Waals surface area contributed by atoms with Gasteiger partial charge in [0, 0.05) is 18.7 Å². The first-order chi connectivity index (χ1) is 11.5. The standard InChI is InChI=1S/C18H24N4O2/c1-21(2)11-18(24)9-6-10-22(12-18)17(23)16-15(19-13-20-16)14-7-4-3-5-8-14/h3-5,7-8,13,24H,6,9-12H2,1-2H3,(H,19,20)/t18-/m1/s1. The number of aromatic nitrogens is 2. The molecule has 0 unspecified atom stereocenters. The highest BCUT2D eigenvalue weighted by atomic mass is 16.3. The minimum atomic E-state index is -0.857. The first kappa shape index (κ1) is 16.7. The minimum absolute atomic E-state index is 0.108. The van der Waals surface area contributed by atoms with Crippen LogP contribution in [0.15, 0.2) is 36.7 Å². The van der Waals surface area contributed by atoms with E-state index in [-0.39, 0.29) is 5.91 Å². The topological polar surface area (TPSA) is 72.5 Å². The molecule has 2 N–H and O–H groups in total. The highest BCUT2D eigenvalue weighted by molar-refractivity contribution is 5.98. The van der Waals surface area contributed by atoms with E-state index in [1.807, 2.05) is 49.3 Å². The van der Waals surface area contributed by atoms with Gasteiger partial charge < -0.3 is 19.9 Å². The van der Waals surface area contributed by atoms with Crippen LogP contribution in [0.2, 0.25) is 0 Å². The van der Waals surface area contributed by atoms with E-state index in [2.05, 4.69) is 9.97 Å². The van der Waals surface area contributed by atoms with E-state index in [9.17, 15) is 9.90 Å². The Labute approximate surface area is 142 Å². The van der Waals surface area contributed by atoms with Gasteiger partial charge in [-0.2, -0.15) is 0 Å². The van der Waals surface area contributed by atoms with Crippen LogP contribution >= 0.6 is 0 Å². The molecule has 1 aromatic carbocycles. The lowest BCUT2D eigenvalue weighted by atomic mass is 9.92. The molecule has 1 amide bonds. The molecule has 6 nitrogen and oxygen atoms in total. The maximum Gasteiger partial charge on any atom is 0.272 e. The van der Waals surface area contributed by atoms with Gasteiger partial charge in [-0.15, -0.1) is 0 Å². The van der Waals surface area contributed by atoms with E-state index >= 15 is 0 Å². The Hall–Kier alpha value is -2.18. The van der Waals surface area contributed by atoms with Crippen molar-refractivity contribution in [2.45, 2.75) is 18.4 Å². The van der Waals surface area contributed by atoms with E-state index in [1.54, 1.807) is 11.2 Å². The van der Waals surface area contributed by atoms with Crippen LogP contribution < -0.4 is 0 Å². The molecule has 1 aliphatic heterocycles. The highest BCUT2D eigenvalue weighted by Gasteiger charge is 2.36. The second kappa shape index (κ2) is 6.75. The fraction of sp³-hybridized carbons (Fsp3) is 0.444. The van der Waals surface area contributed by atoms with Crippen molar-refractivity contribution in [2.24, 2.45) is 0 Å². The molecule has 0 radical (unpaired) electrons. The number of likely N-dealkylation sites (N-methyl/N-ethyl adjacent to an activating group) is 1. The number of aliphatic hydroxyl groups is 1. The average Bonchev–Trinajstić information content (AvgIpc) is 3.03. The zero-order valence-corrected chi connectivity index (χ0v) is 14.2. The fourth-order valence-corrected chi connectivity index (χ4v) is 3.43. The number of likely N-dealkylation sites (tertiary alicyclic amines) is 1. The van der Waals surface area contributed by atoms with Gasteiger partial charge in [0.25, 0.3) is 5.91 Å². The molecule has 1 fully saturated rings. The monoisotopic (exact) mass is 328 g/mol. The first-order valence-electron chi connectivity index (χ1n) is 8.24. The summed E-state index contributed by atoms with van der Waals surface area (Å²) in [7, 11) is 3.86. The van der Waals surface area contributed by atoms with Crippen molar-refractivity contribution in [1.82, 2.24) is 19.8 Å². The number of imidazole rings is 1. The molecule has 1 aromatic heterocycles. The zero-order chi connectivity index (χ0) is 17.2. The van der Waals surface area contributed by atoms with Gasteiger partial charge in [0.15, 0.2) is 0 Å². The number of hydrogen-bond donors (Lipinski definition) is 2. The van der Waals surface area contributed by atoms with Gasteiger partial charge in [-0.05, 0) is 26.9 Å². The van der Waals surface area contributed by atoms with Crippen LogP contribution in [0, 0.1) is 0 Å². The summed E-state index contributed by atoms with van der Waals surface area (Å²) < 4.78 is 0. The minimum Gasteiger partial charge on any atom is -0.387 e. The van der Waals surface area contributed by atoms with Crippen molar-refractivity contribution in [3.8, 4) is 11.3 Å². The van der Waals surface area contributed by atoms with Crippen LogP contribution in [-0.2, 0) is 0 Å². The number of rotatable bonds is 4. The summed E-state index contributed by atoms with van der Waals surface area (Å²) in [5.41, 5.74) is 1.19. The Morgan fingerprint density at radius 1 is 1.38 bits per heavy atom. The quantitative estimate of drug-likeness (QED) is 0.894. The molecule has 0 aliphatic carbocycles. The summed E-state index contributed by atoms with van der Waals surface area (Å²) in [6.07, 6.45) is 3.06. The van der Waals surface area contributed by atoms with Crippen LogP contribution in [0.25, 0.3) is 11.3 Å². The number of carbonyl (C=O) groups excluding carboxylic acids is 1. The zero-order valence-electron chi connectivity index (χ0n) is 14.2. The number of H-pyrrole nitrogens is 1. The van der Waals surface area contributed by atoms with Gasteiger partial charge in [0.1, 0.15) is 11.4 Å². The molecular weight excluding hydrogens is 304 g/mol. The molecule has 128 valence electrons. The predicted octanol–water partition coefficient (Wildman–Crippen LogP) is 1.61. The van der Waals surface area contributed by atoms with Crippen molar-refractivity contribution in [1.29, 1.82) is 0 Å². The highest BCUT2D eigenvalue weighted by Crippen LogP contribution is 2.26. The summed E-state index contributed by atoms with van der Waals surface area (Å²) in [6, 6.07) is 9.66. The Morgan fingerprint density at radius 3 is 2.83 bits per heavy atom. The number of hydrogen-bond acceptors (Lipinski definition) is 4. The number of amides is 1. The van der Waals surface area contributed by atoms with Gasteiger partial charge in [0.2, 0.25) is 0 Å². The van der Waals surface area contributed by atoms with Crippen molar-refractivity contribution in [3.63, 3.8) is 0 Å². The molecule has 1 aliphatic rings. The number of benzene rings is 1. The molecular formula is C18H24N4O2. The summed E-state index contributed by atoms with van der Waals surface area (Å²) >= 11 is 0. The van der Waals surface area contributed by atoms with Crippen LogP contribution in [0.3, 0.4) is 0 Å². The van der Waals surface area contributed by atoms with Crippen LogP contribution in [0.5, 0.6) is 0 Å². The smallest absolute Gasteiger partial charge is 0.272 e. The number of β-amino-alcohol motifs (C(OH)–C–C–N with tert-alkyl or cyclic N) is 1. The Balaban J connectivity index is 1.81. The molecule has 0 saturated carbocycles. The molecule has 6 heteroatoms. The molecule has 24 heavy (non-hydrogen) atoms. The normalized spacial score (nSPS) is 21.2. The van der Waals surface area contributed by atoms with E-state index < -0.39 is 5.60 Å². The van der Waals surface area contributed by atoms with Crippen molar-refractivity contribution in [2.75, 3.05) is 33.7 Å². The third kappa shape index (κ3) is 3.49. The first-order valence-corrected chi connectivity index (χ1v) is 8.24. The molecule has 3 rings (SSSR count). The third-order valence-electron chi connectivity index (χ3n) is 4.35. The number of nitrogens with zero attached hydrogens (tertiary/aromatic N) is 3. The van der Waals surface area contributed by atoms with E-state index in [4.69, 9.17) is 0 Å². The number of nitrogens with one attached hydrogen (secondary N) is 1. The molecule has 2 aromatic rings. The second-order valence-corrected chi connectivity index (χ2v) is 6.78. The lowest BCUT2D eigenvalue weighted by molar-refractivity contribution is -0.0392. The van der Waals surface area contributed by atoms with Gasteiger partial charge in [-0.1, -0.05) is 30.3 Å². The molecule has 1 atom stereocenters. The van der Waals surface area contributed by atoms with Crippen LogP contribution in [0.1, 0.15) is 23.3 Å². The number of carbonyl (C=O) groups is 1. The van der Waals surface area contributed by atoms with E-state index in [0.29, 0.717) is 37.4 Å². The fourth-order valence-electron chi connectivity index (χ4n) is 3.43. The summed E-state index contributed by atoms with van der Waals surface area (Å²) in [5, 5.41) is 10.8. The molecule has 2 heterocycles. The Kier molecular flexibility index (Phi) is 4.69. The number of aromatic amines is 1. The maximum absolute atomic E-state index is 13.0. The van der Waals surface area contributed by atoms with E-state index in [0.717, 1.165) is 12.0 Å². The van der Waals surface area contributed by atoms with Crippen molar-refractivity contribution >= 4 is 5.91 Å². The summed E-state index contributed by atoms with van der Waals surface area (Å²) in [5.74, 6) is -0.108. The average molecular weight is 328 g/mol. The molecule has 0 bridgehead atoms. The maximum atomic E-state index is 13.0. The van der Waals surface area contributed by atoms with Gasteiger partial charge >= 0.3 is 0 Å². The number of piperidine rings is 1. The van der Waals surface area contributed by atoms with Crippen LogP contribution in [-0.4, -0.2) is 70.1 Å². The largest absolute Gasteiger partial charge is 0.387 e. The van der Waals surface area contributed by atoms with Gasteiger partial charge in [0.05, 0.1) is 18.5 Å². The van der Waals surface area contributed by atoms with Crippen molar-refractivity contribution < 1.29 is 9.90 Å². The summed E-state index contributed by atoms with van der Waals surface area (Å²) in [4.78, 5) is 23.9. The lowest BCUT2D eigenvalue weighted by Gasteiger charge is -2.40. The molecule has 1 saturated heterocycles. The van der Waals surface area contributed by atoms with Crippen LogP contribution in [0.4, 0.5) is 0 Å². The van der Waals surface area contributed by atoms with E-state index in [1.165, 1.54) is 0 Å².